The van der Waals surface area contributed by atoms with Gasteiger partial charge in [-0.2, -0.15) is 0 Å². The third-order valence-corrected chi connectivity index (χ3v) is 5.11. The molecule has 6 nitrogen and oxygen atoms in total. The van der Waals surface area contributed by atoms with Crippen LogP contribution in [0.4, 0.5) is 0 Å². The maximum atomic E-state index is 12.8. The molecule has 172 valence electrons. The van der Waals surface area contributed by atoms with Crippen molar-refractivity contribution in [3.8, 4) is 22.6 Å². The first-order valence-corrected chi connectivity index (χ1v) is 11.0. The number of carboxylic acid groups (broad SMARTS) is 1. The second-order valence-corrected chi connectivity index (χ2v) is 8.04. The lowest BCUT2D eigenvalue weighted by Gasteiger charge is -2.15. The Labute approximate surface area is 198 Å². The molecule has 3 aromatic carbocycles. The van der Waals surface area contributed by atoms with Crippen LogP contribution >= 0.6 is 11.6 Å². The second kappa shape index (κ2) is 10.9. The number of amides is 1. The third-order valence-electron chi connectivity index (χ3n) is 4.80. The Hall–Kier alpha value is -3.51. The van der Waals surface area contributed by atoms with Crippen molar-refractivity contribution in [3.63, 3.8) is 0 Å². The number of hydrogen-bond donors (Lipinski definition) is 2. The molecular weight excluding hydrogens is 442 g/mol. The Morgan fingerprint density at radius 3 is 2.45 bits per heavy atom. The van der Waals surface area contributed by atoms with Gasteiger partial charge in [0.25, 0.3) is 5.91 Å². The van der Waals surface area contributed by atoms with Gasteiger partial charge >= 0.3 is 5.97 Å². The molecular formula is C26H26ClNO5. The molecule has 0 bridgehead atoms. The first-order valence-electron chi connectivity index (χ1n) is 10.6. The highest BCUT2D eigenvalue weighted by Crippen LogP contribution is 2.28. The maximum absolute atomic E-state index is 12.8. The number of carbonyl (C=O) groups is 2. The Balaban J connectivity index is 1.82. The Morgan fingerprint density at radius 2 is 1.79 bits per heavy atom. The first-order chi connectivity index (χ1) is 15.8. The summed E-state index contributed by atoms with van der Waals surface area (Å²) in [6.07, 6.45) is 0.00111. The Bertz CT molecular complexity index is 1160. The molecule has 0 saturated carbocycles. The van der Waals surface area contributed by atoms with E-state index in [9.17, 15) is 14.7 Å². The molecule has 0 heterocycles. The van der Waals surface area contributed by atoms with E-state index in [0.29, 0.717) is 28.7 Å². The fraction of sp³-hybridized carbons (Fsp3) is 0.231. The van der Waals surface area contributed by atoms with Gasteiger partial charge in [-0.25, -0.2) is 4.79 Å². The van der Waals surface area contributed by atoms with Gasteiger partial charge in [-0.1, -0.05) is 29.8 Å². The summed E-state index contributed by atoms with van der Waals surface area (Å²) in [6.45, 7) is 6.39. The van der Waals surface area contributed by atoms with Crippen molar-refractivity contribution < 1.29 is 24.2 Å². The predicted octanol–water partition coefficient (Wildman–Crippen LogP) is 5.82. The lowest BCUT2D eigenvalue weighted by atomic mass is 10.0. The van der Waals surface area contributed by atoms with Crippen LogP contribution in [0.25, 0.3) is 11.1 Å². The summed E-state index contributed by atoms with van der Waals surface area (Å²) in [6, 6.07) is 17.2. The van der Waals surface area contributed by atoms with Crippen LogP contribution in [0.15, 0.2) is 60.7 Å². The van der Waals surface area contributed by atoms with Crippen molar-refractivity contribution in [2.24, 2.45) is 0 Å². The molecule has 0 atom stereocenters. The number of hydrogen-bond acceptors (Lipinski definition) is 4. The van der Waals surface area contributed by atoms with Gasteiger partial charge in [0.1, 0.15) is 11.5 Å². The van der Waals surface area contributed by atoms with E-state index in [1.165, 1.54) is 0 Å². The minimum Gasteiger partial charge on any atom is -0.494 e. The molecule has 7 heteroatoms. The van der Waals surface area contributed by atoms with E-state index in [0.717, 1.165) is 16.7 Å². The summed E-state index contributed by atoms with van der Waals surface area (Å²) in [5.41, 5.74) is 2.89. The van der Waals surface area contributed by atoms with Crippen molar-refractivity contribution in [2.45, 2.75) is 33.4 Å². The van der Waals surface area contributed by atoms with E-state index in [4.69, 9.17) is 21.1 Å². The van der Waals surface area contributed by atoms with Crippen LogP contribution in [-0.2, 0) is 6.54 Å². The van der Waals surface area contributed by atoms with Crippen molar-refractivity contribution >= 4 is 23.5 Å². The van der Waals surface area contributed by atoms with E-state index in [-0.39, 0.29) is 24.1 Å². The molecule has 0 unspecified atom stereocenters. The topological polar surface area (TPSA) is 84.9 Å². The average molecular weight is 468 g/mol. The van der Waals surface area contributed by atoms with Crippen molar-refractivity contribution in [1.82, 2.24) is 5.32 Å². The van der Waals surface area contributed by atoms with E-state index < -0.39 is 5.97 Å². The summed E-state index contributed by atoms with van der Waals surface area (Å²) in [5, 5.41) is 12.5. The molecule has 0 saturated heterocycles. The number of aromatic carboxylic acids is 1. The molecule has 3 rings (SSSR count). The molecule has 33 heavy (non-hydrogen) atoms. The van der Waals surface area contributed by atoms with Crippen LogP contribution in [0.5, 0.6) is 11.5 Å². The number of benzene rings is 3. The number of ether oxygens (including phenoxy) is 2. The van der Waals surface area contributed by atoms with Crippen LogP contribution in [0.1, 0.15) is 47.1 Å². The predicted molar refractivity (Wildman–Crippen MR) is 128 cm³/mol. The van der Waals surface area contributed by atoms with Gasteiger partial charge < -0.3 is 19.9 Å². The number of carbonyl (C=O) groups excluding carboxylic acids is 1. The molecule has 0 radical (unpaired) electrons. The summed E-state index contributed by atoms with van der Waals surface area (Å²) in [5.74, 6) is -0.0713. The summed E-state index contributed by atoms with van der Waals surface area (Å²) in [7, 11) is 0. The monoisotopic (exact) mass is 467 g/mol. The van der Waals surface area contributed by atoms with Gasteiger partial charge in [-0.3, -0.25) is 4.79 Å². The second-order valence-electron chi connectivity index (χ2n) is 7.63. The summed E-state index contributed by atoms with van der Waals surface area (Å²) < 4.78 is 11.3. The lowest BCUT2D eigenvalue weighted by molar-refractivity contribution is 0.0696. The van der Waals surface area contributed by atoms with Crippen LogP contribution in [0, 0.1) is 0 Å². The van der Waals surface area contributed by atoms with E-state index in [1.807, 2.05) is 45.0 Å². The fourth-order valence-corrected chi connectivity index (χ4v) is 3.58. The SMILES string of the molecule is CCOc1ccc(-c2cccc(C(=O)O)c2)cc1CNC(=O)c1ccc(OC(C)C)cc1Cl. The largest absolute Gasteiger partial charge is 0.494 e. The fourth-order valence-electron chi connectivity index (χ4n) is 3.32. The minimum atomic E-state index is -0.989. The lowest BCUT2D eigenvalue weighted by Crippen LogP contribution is -2.23. The normalized spacial score (nSPS) is 10.7. The van der Waals surface area contributed by atoms with Gasteiger partial charge in [0, 0.05) is 12.1 Å². The summed E-state index contributed by atoms with van der Waals surface area (Å²) >= 11 is 6.30. The summed E-state index contributed by atoms with van der Waals surface area (Å²) in [4.78, 5) is 24.1. The molecule has 3 aromatic rings. The molecule has 0 fully saturated rings. The van der Waals surface area contributed by atoms with Gasteiger partial charge in [0.05, 0.1) is 28.9 Å². The molecule has 0 aliphatic heterocycles. The third kappa shape index (κ3) is 6.26. The van der Waals surface area contributed by atoms with Gasteiger partial charge in [0.15, 0.2) is 0 Å². The molecule has 0 spiro atoms. The van der Waals surface area contributed by atoms with Crippen molar-refractivity contribution in [1.29, 1.82) is 0 Å². The smallest absolute Gasteiger partial charge is 0.335 e. The highest BCUT2D eigenvalue weighted by molar-refractivity contribution is 6.34. The highest BCUT2D eigenvalue weighted by atomic mass is 35.5. The molecule has 1 amide bonds. The van der Waals surface area contributed by atoms with E-state index in [2.05, 4.69) is 5.32 Å². The van der Waals surface area contributed by atoms with Gasteiger partial charge in [-0.15, -0.1) is 0 Å². The van der Waals surface area contributed by atoms with Crippen molar-refractivity contribution in [3.05, 3.63) is 82.4 Å². The van der Waals surface area contributed by atoms with Gasteiger partial charge in [0.2, 0.25) is 0 Å². The standard InChI is InChI=1S/C26H26ClNO5/c1-4-32-24-11-8-18(17-6-5-7-19(12-17)26(30)31)13-20(24)15-28-25(29)22-10-9-21(14-23(22)27)33-16(2)3/h5-14,16H,4,15H2,1-3H3,(H,28,29)(H,30,31). The number of halogens is 1. The van der Waals surface area contributed by atoms with Crippen LogP contribution < -0.4 is 14.8 Å². The zero-order valence-corrected chi connectivity index (χ0v) is 19.5. The maximum Gasteiger partial charge on any atom is 0.335 e. The molecule has 0 aliphatic rings. The van der Waals surface area contributed by atoms with Crippen LogP contribution in [-0.4, -0.2) is 29.7 Å². The Kier molecular flexibility index (Phi) is 7.96. The zero-order valence-electron chi connectivity index (χ0n) is 18.7. The molecule has 0 aliphatic carbocycles. The van der Waals surface area contributed by atoms with Crippen LogP contribution in [0.3, 0.4) is 0 Å². The highest BCUT2D eigenvalue weighted by Gasteiger charge is 2.14. The first kappa shape index (κ1) is 24.1. The minimum absolute atomic E-state index is 0.00111. The number of rotatable bonds is 9. The van der Waals surface area contributed by atoms with Gasteiger partial charge in [-0.05, 0) is 74.4 Å². The zero-order chi connectivity index (χ0) is 24.0. The van der Waals surface area contributed by atoms with E-state index in [1.54, 1.807) is 36.4 Å². The van der Waals surface area contributed by atoms with Crippen LogP contribution in [0.2, 0.25) is 5.02 Å². The Morgan fingerprint density at radius 1 is 1.03 bits per heavy atom. The molecule has 2 N–H and O–H groups in total. The number of nitrogens with one attached hydrogen (secondary N) is 1. The average Bonchev–Trinajstić information content (AvgIpc) is 2.78. The number of carboxylic acids is 1. The quantitative estimate of drug-likeness (QED) is 0.414. The van der Waals surface area contributed by atoms with E-state index >= 15 is 0 Å². The molecule has 0 aromatic heterocycles. The van der Waals surface area contributed by atoms with Crippen molar-refractivity contribution in [2.75, 3.05) is 6.61 Å².